The smallest absolute Gasteiger partial charge is 0.122 e. The van der Waals surface area contributed by atoms with Gasteiger partial charge in [-0.3, -0.25) is 0 Å². The molecule has 1 rings (SSSR count). The largest absolute Gasteiger partial charge is 0.494 e. The molecule has 0 unspecified atom stereocenters. The van der Waals surface area contributed by atoms with Crippen molar-refractivity contribution in [1.82, 2.24) is 5.32 Å². The second kappa shape index (κ2) is 7.53. The first-order valence-corrected chi connectivity index (χ1v) is 6.30. The van der Waals surface area contributed by atoms with Crippen LogP contribution in [0.2, 0.25) is 0 Å². The van der Waals surface area contributed by atoms with E-state index in [1.54, 1.807) is 0 Å². The van der Waals surface area contributed by atoms with Crippen molar-refractivity contribution >= 4 is 11.6 Å². The van der Waals surface area contributed by atoms with Crippen LogP contribution in [0.25, 0.3) is 0 Å². The summed E-state index contributed by atoms with van der Waals surface area (Å²) < 4.78 is 5.50. The molecule has 1 aromatic rings. The quantitative estimate of drug-likeness (QED) is 0.586. The van der Waals surface area contributed by atoms with Crippen LogP contribution < -0.4 is 10.1 Å². The number of benzene rings is 1. The maximum Gasteiger partial charge on any atom is 0.122 e. The maximum absolute atomic E-state index is 5.59. The van der Waals surface area contributed by atoms with Crippen LogP contribution in [0.1, 0.15) is 18.1 Å². The number of hydrogen-bond acceptors (Lipinski definition) is 2. The minimum Gasteiger partial charge on any atom is -0.494 e. The predicted octanol–water partition coefficient (Wildman–Crippen LogP) is 2.76. The highest BCUT2D eigenvalue weighted by molar-refractivity contribution is 6.18. The molecule has 0 spiro atoms. The molecule has 90 valence electrons. The third-order valence-electron chi connectivity index (χ3n) is 2.40. The van der Waals surface area contributed by atoms with Gasteiger partial charge in [0.25, 0.3) is 0 Å². The lowest BCUT2D eigenvalue weighted by Gasteiger charge is -2.09. The van der Waals surface area contributed by atoms with Crippen molar-refractivity contribution in [2.75, 3.05) is 25.6 Å². The van der Waals surface area contributed by atoms with Gasteiger partial charge in [0.1, 0.15) is 5.75 Å². The van der Waals surface area contributed by atoms with Crippen LogP contribution in [0.5, 0.6) is 5.75 Å². The lowest BCUT2D eigenvalue weighted by molar-refractivity contribution is 0.338. The highest BCUT2D eigenvalue weighted by atomic mass is 35.5. The van der Waals surface area contributed by atoms with Crippen molar-refractivity contribution in [1.29, 1.82) is 0 Å². The summed E-state index contributed by atoms with van der Waals surface area (Å²) in [6.07, 6.45) is 1.03. The SMILES string of the molecule is CCOc1ccc(CCNCCCl)cc1C. The molecule has 16 heavy (non-hydrogen) atoms. The molecule has 0 radical (unpaired) electrons. The van der Waals surface area contributed by atoms with Crippen LogP contribution in [-0.2, 0) is 6.42 Å². The van der Waals surface area contributed by atoms with E-state index in [9.17, 15) is 0 Å². The van der Waals surface area contributed by atoms with Gasteiger partial charge in [-0.15, -0.1) is 11.6 Å². The molecule has 0 aliphatic carbocycles. The second-order valence-electron chi connectivity index (χ2n) is 3.72. The monoisotopic (exact) mass is 241 g/mol. The highest BCUT2D eigenvalue weighted by Gasteiger charge is 2.00. The molecule has 0 amide bonds. The summed E-state index contributed by atoms with van der Waals surface area (Å²) in [5.41, 5.74) is 2.54. The Morgan fingerprint density at radius 2 is 2.12 bits per heavy atom. The molecule has 0 bridgehead atoms. The van der Waals surface area contributed by atoms with Gasteiger partial charge in [-0.05, 0) is 44.0 Å². The Balaban J connectivity index is 2.46. The average molecular weight is 242 g/mol. The molecule has 0 atom stereocenters. The highest BCUT2D eigenvalue weighted by Crippen LogP contribution is 2.19. The third kappa shape index (κ3) is 4.42. The Morgan fingerprint density at radius 3 is 2.75 bits per heavy atom. The first kappa shape index (κ1) is 13.3. The summed E-state index contributed by atoms with van der Waals surface area (Å²) in [7, 11) is 0. The number of hydrogen-bond donors (Lipinski definition) is 1. The first-order chi connectivity index (χ1) is 7.77. The van der Waals surface area contributed by atoms with Gasteiger partial charge in [-0.25, -0.2) is 0 Å². The topological polar surface area (TPSA) is 21.3 Å². The van der Waals surface area contributed by atoms with Gasteiger partial charge in [-0.1, -0.05) is 12.1 Å². The zero-order chi connectivity index (χ0) is 11.8. The normalized spacial score (nSPS) is 10.4. The van der Waals surface area contributed by atoms with E-state index in [4.69, 9.17) is 16.3 Å². The van der Waals surface area contributed by atoms with E-state index in [-0.39, 0.29) is 0 Å². The fraction of sp³-hybridized carbons (Fsp3) is 0.538. The lowest BCUT2D eigenvalue weighted by Crippen LogP contribution is -2.19. The van der Waals surface area contributed by atoms with Crippen molar-refractivity contribution in [2.24, 2.45) is 0 Å². The van der Waals surface area contributed by atoms with Gasteiger partial charge in [0.2, 0.25) is 0 Å². The number of halogens is 1. The molecule has 0 aliphatic heterocycles. The van der Waals surface area contributed by atoms with Crippen molar-refractivity contribution in [3.8, 4) is 5.75 Å². The van der Waals surface area contributed by atoms with Gasteiger partial charge >= 0.3 is 0 Å². The summed E-state index contributed by atoms with van der Waals surface area (Å²) in [5.74, 6) is 1.66. The molecular weight excluding hydrogens is 222 g/mol. The third-order valence-corrected chi connectivity index (χ3v) is 2.59. The van der Waals surface area contributed by atoms with Gasteiger partial charge in [0.15, 0.2) is 0 Å². The van der Waals surface area contributed by atoms with Crippen LogP contribution in [0.4, 0.5) is 0 Å². The van der Waals surface area contributed by atoms with E-state index < -0.39 is 0 Å². The zero-order valence-corrected chi connectivity index (χ0v) is 10.8. The maximum atomic E-state index is 5.59. The predicted molar refractivity (Wildman–Crippen MR) is 69.6 cm³/mol. The molecule has 0 aromatic heterocycles. The molecule has 0 heterocycles. The molecule has 3 heteroatoms. The Bertz CT molecular complexity index is 315. The van der Waals surface area contributed by atoms with E-state index in [0.717, 1.165) is 31.9 Å². The van der Waals surface area contributed by atoms with Gasteiger partial charge in [0, 0.05) is 12.4 Å². The van der Waals surface area contributed by atoms with Crippen molar-refractivity contribution in [3.05, 3.63) is 29.3 Å². The van der Waals surface area contributed by atoms with Crippen LogP contribution in [-0.4, -0.2) is 25.6 Å². The van der Waals surface area contributed by atoms with E-state index >= 15 is 0 Å². The molecule has 0 saturated heterocycles. The van der Waals surface area contributed by atoms with Crippen molar-refractivity contribution < 1.29 is 4.74 Å². The van der Waals surface area contributed by atoms with Crippen molar-refractivity contribution in [3.63, 3.8) is 0 Å². The number of nitrogens with one attached hydrogen (secondary N) is 1. The molecule has 2 nitrogen and oxygen atoms in total. The van der Waals surface area contributed by atoms with Crippen LogP contribution in [0.15, 0.2) is 18.2 Å². The van der Waals surface area contributed by atoms with Crippen LogP contribution >= 0.6 is 11.6 Å². The van der Waals surface area contributed by atoms with E-state index in [1.807, 2.05) is 6.92 Å². The number of aryl methyl sites for hydroxylation is 1. The molecule has 0 fully saturated rings. The average Bonchev–Trinajstić information content (AvgIpc) is 2.28. The summed E-state index contributed by atoms with van der Waals surface area (Å²) in [6, 6.07) is 6.36. The minimum atomic E-state index is 0.669. The van der Waals surface area contributed by atoms with E-state index in [0.29, 0.717) is 5.88 Å². The second-order valence-corrected chi connectivity index (χ2v) is 4.10. The fourth-order valence-corrected chi connectivity index (χ4v) is 1.74. The molecule has 1 N–H and O–H groups in total. The number of ether oxygens (including phenoxy) is 1. The molecular formula is C13H20ClNO. The van der Waals surface area contributed by atoms with E-state index in [1.165, 1.54) is 11.1 Å². The molecule has 0 aliphatic rings. The fourth-order valence-electron chi connectivity index (χ4n) is 1.61. The van der Waals surface area contributed by atoms with Crippen molar-refractivity contribution in [2.45, 2.75) is 20.3 Å². The standard InChI is InChI=1S/C13H20ClNO/c1-3-16-13-5-4-12(10-11(13)2)6-8-15-9-7-14/h4-5,10,15H,3,6-9H2,1-2H3. The number of alkyl halides is 1. The van der Waals surface area contributed by atoms with Crippen LogP contribution in [0, 0.1) is 6.92 Å². The summed E-state index contributed by atoms with van der Waals surface area (Å²) in [6.45, 7) is 6.65. The molecule has 0 saturated carbocycles. The zero-order valence-electron chi connectivity index (χ0n) is 10.1. The van der Waals surface area contributed by atoms with Gasteiger partial charge < -0.3 is 10.1 Å². The Hall–Kier alpha value is -0.730. The Labute approximate surface area is 103 Å². The first-order valence-electron chi connectivity index (χ1n) is 5.77. The van der Waals surface area contributed by atoms with Gasteiger partial charge in [-0.2, -0.15) is 0 Å². The summed E-state index contributed by atoms with van der Waals surface area (Å²) in [4.78, 5) is 0. The molecule has 1 aromatic carbocycles. The Morgan fingerprint density at radius 1 is 1.31 bits per heavy atom. The number of rotatable bonds is 7. The van der Waals surface area contributed by atoms with E-state index in [2.05, 4.69) is 30.4 Å². The summed E-state index contributed by atoms with van der Waals surface area (Å²) in [5, 5.41) is 3.28. The summed E-state index contributed by atoms with van der Waals surface area (Å²) >= 11 is 5.59. The lowest BCUT2D eigenvalue weighted by atomic mass is 10.1. The van der Waals surface area contributed by atoms with Crippen LogP contribution in [0.3, 0.4) is 0 Å². The minimum absolute atomic E-state index is 0.669. The van der Waals surface area contributed by atoms with Gasteiger partial charge in [0.05, 0.1) is 6.61 Å². The Kier molecular flexibility index (Phi) is 6.27.